The lowest BCUT2D eigenvalue weighted by atomic mass is 9.88. The summed E-state index contributed by atoms with van der Waals surface area (Å²) in [5.41, 5.74) is 7.64. The predicted octanol–water partition coefficient (Wildman–Crippen LogP) is 1.22. The molecule has 3 N–H and O–H groups in total. The largest absolute Gasteiger partial charge is 0.350 e. The van der Waals surface area contributed by atoms with Crippen molar-refractivity contribution in [1.29, 1.82) is 0 Å². The number of aromatic nitrogens is 2. The molecule has 1 aromatic heterocycles. The number of nitrogens with one attached hydrogen (secondary N) is 1. The van der Waals surface area contributed by atoms with Crippen LogP contribution in [0.5, 0.6) is 0 Å². The van der Waals surface area contributed by atoms with Gasteiger partial charge in [-0.3, -0.25) is 9.48 Å². The monoisotopic (exact) mass is 252 g/mol. The summed E-state index contributed by atoms with van der Waals surface area (Å²) in [5.74, 6) is -0.107. The normalized spacial score (nSPS) is 13.4. The van der Waals surface area contributed by atoms with E-state index < -0.39 is 0 Å². The number of rotatable bonds is 4. The Labute approximate surface area is 109 Å². The molecule has 1 amide bonds. The first-order chi connectivity index (χ1) is 8.20. The molecule has 5 nitrogen and oxygen atoms in total. The highest BCUT2D eigenvalue weighted by Crippen LogP contribution is 2.19. The molecule has 0 bridgehead atoms. The van der Waals surface area contributed by atoms with E-state index in [0.717, 1.165) is 12.1 Å². The number of carbonyl (C=O) groups is 1. The molecule has 102 valence electrons. The maximum absolute atomic E-state index is 11.9. The second-order valence-electron chi connectivity index (χ2n) is 6.00. The molecule has 1 unspecified atom stereocenters. The molecule has 0 aliphatic heterocycles. The van der Waals surface area contributed by atoms with Gasteiger partial charge in [0.2, 0.25) is 0 Å². The standard InChI is InChI=1S/C13H24N4O/c1-9-11(8-16-17(9)5)12(18)15-7-10(14)6-13(2,3)4/h8,10H,6-7,14H2,1-5H3,(H,15,18). The summed E-state index contributed by atoms with van der Waals surface area (Å²) >= 11 is 0. The Morgan fingerprint density at radius 2 is 2.17 bits per heavy atom. The number of carbonyl (C=O) groups excluding carboxylic acids is 1. The lowest BCUT2D eigenvalue weighted by molar-refractivity contribution is 0.0948. The van der Waals surface area contributed by atoms with E-state index in [9.17, 15) is 4.79 Å². The minimum Gasteiger partial charge on any atom is -0.350 e. The number of amides is 1. The van der Waals surface area contributed by atoms with Gasteiger partial charge in [-0.05, 0) is 18.8 Å². The molecule has 0 radical (unpaired) electrons. The SMILES string of the molecule is Cc1c(C(=O)NCC(N)CC(C)(C)C)cnn1C. The van der Waals surface area contributed by atoms with Crippen LogP contribution in [0.25, 0.3) is 0 Å². The summed E-state index contributed by atoms with van der Waals surface area (Å²) in [7, 11) is 1.82. The molecular weight excluding hydrogens is 228 g/mol. The average Bonchev–Trinajstić information content (AvgIpc) is 2.54. The van der Waals surface area contributed by atoms with Crippen LogP contribution in [-0.4, -0.2) is 28.3 Å². The fourth-order valence-electron chi connectivity index (χ4n) is 1.90. The van der Waals surface area contributed by atoms with Crippen molar-refractivity contribution in [2.45, 2.75) is 40.2 Å². The number of hydrogen-bond donors (Lipinski definition) is 2. The molecule has 0 aromatic carbocycles. The summed E-state index contributed by atoms with van der Waals surface area (Å²) in [5, 5.41) is 6.91. The highest BCUT2D eigenvalue weighted by atomic mass is 16.1. The van der Waals surface area contributed by atoms with Crippen LogP contribution in [-0.2, 0) is 7.05 Å². The van der Waals surface area contributed by atoms with E-state index in [1.54, 1.807) is 10.9 Å². The summed E-state index contributed by atoms with van der Waals surface area (Å²) in [6, 6.07) is -0.0223. The predicted molar refractivity (Wildman–Crippen MR) is 72.3 cm³/mol. The van der Waals surface area contributed by atoms with E-state index in [-0.39, 0.29) is 17.4 Å². The van der Waals surface area contributed by atoms with E-state index in [2.05, 4.69) is 31.2 Å². The molecule has 0 saturated heterocycles. The number of hydrogen-bond acceptors (Lipinski definition) is 3. The van der Waals surface area contributed by atoms with Crippen LogP contribution >= 0.6 is 0 Å². The Hall–Kier alpha value is -1.36. The zero-order valence-electron chi connectivity index (χ0n) is 11.9. The third-order valence-electron chi connectivity index (χ3n) is 2.88. The van der Waals surface area contributed by atoms with Gasteiger partial charge in [-0.15, -0.1) is 0 Å². The van der Waals surface area contributed by atoms with Crippen molar-refractivity contribution in [2.24, 2.45) is 18.2 Å². The second-order valence-corrected chi connectivity index (χ2v) is 6.00. The highest BCUT2D eigenvalue weighted by Gasteiger charge is 2.17. The lowest BCUT2D eigenvalue weighted by Crippen LogP contribution is -2.39. The van der Waals surface area contributed by atoms with Crippen molar-refractivity contribution in [3.05, 3.63) is 17.5 Å². The zero-order chi connectivity index (χ0) is 13.9. The summed E-state index contributed by atoms with van der Waals surface area (Å²) < 4.78 is 1.68. The second kappa shape index (κ2) is 5.52. The fourth-order valence-corrected chi connectivity index (χ4v) is 1.90. The first-order valence-corrected chi connectivity index (χ1v) is 6.23. The van der Waals surface area contributed by atoms with Gasteiger partial charge in [0.1, 0.15) is 0 Å². The van der Waals surface area contributed by atoms with Gasteiger partial charge in [0.25, 0.3) is 5.91 Å². The van der Waals surface area contributed by atoms with Crippen molar-refractivity contribution in [3.8, 4) is 0 Å². The van der Waals surface area contributed by atoms with Crippen LogP contribution in [0.1, 0.15) is 43.2 Å². The molecule has 1 rings (SSSR count). The van der Waals surface area contributed by atoms with E-state index in [1.165, 1.54) is 0 Å². The molecule has 1 aromatic rings. The Morgan fingerprint density at radius 3 is 2.61 bits per heavy atom. The average molecular weight is 252 g/mol. The molecule has 18 heavy (non-hydrogen) atoms. The Kier molecular flexibility index (Phi) is 4.51. The Balaban J connectivity index is 2.49. The number of nitrogens with zero attached hydrogens (tertiary/aromatic N) is 2. The van der Waals surface area contributed by atoms with E-state index in [4.69, 9.17) is 5.73 Å². The Morgan fingerprint density at radius 1 is 1.56 bits per heavy atom. The highest BCUT2D eigenvalue weighted by molar-refractivity contribution is 5.95. The molecule has 0 aliphatic carbocycles. The van der Waals surface area contributed by atoms with E-state index >= 15 is 0 Å². The van der Waals surface area contributed by atoms with Crippen LogP contribution in [0.3, 0.4) is 0 Å². The number of nitrogens with two attached hydrogens (primary N) is 1. The summed E-state index contributed by atoms with van der Waals surface area (Å²) in [6.07, 6.45) is 2.46. The molecule has 5 heteroatoms. The van der Waals surface area contributed by atoms with Crippen molar-refractivity contribution in [3.63, 3.8) is 0 Å². The topological polar surface area (TPSA) is 72.9 Å². The Bertz CT molecular complexity index is 417. The van der Waals surface area contributed by atoms with Crippen LogP contribution in [0, 0.1) is 12.3 Å². The molecule has 0 fully saturated rings. The third-order valence-corrected chi connectivity index (χ3v) is 2.88. The molecule has 0 saturated carbocycles. The van der Waals surface area contributed by atoms with E-state index in [1.807, 2.05) is 14.0 Å². The minimum atomic E-state index is -0.107. The van der Waals surface area contributed by atoms with Gasteiger partial charge in [-0.25, -0.2) is 0 Å². The third kappa shape index (κ3) is 4.14. The lowest BCUT2D eigenvalue weighted by Gasteiger charge is -2.23. The molecule has 1 heterocycles. The summed E-state index contributed by atoms with van der Waals surface area (Å²) in [4.78, 5) is 11.9. The zero-order valence-corrected chi connectivity index (χ0v) is 11.9. The first kappa shape index (κ1) is 14.7. The van der Waals surface area contributed by atoms with Crippen LogP contribution in [0.2, 0.25) is 0 Å². The maximum Gasteiger partial charge on any atom is 0.254 e. The van der Waals surface area contributed by atoms with Crippen molar-refractivity contribution < 1.29 is 4.79 Å². The van der Waals surface area contributed by atoms with E-state index in [0.29, 0.717) is 12.1 Å². The molecule has 0 aliphatic rings. The van der Waals surface area contributed by atoms with Crippen LogP contribution < -0.4 is 11.1 Å². The van der Waals surface area contributed by atoms with Crippen LogP contribution in [0.15, 0.2) is 6.20 Å². The number of aryl methyl sites for hydroxylation is 1. The van der Waals surface area contributed by atoms with Gasteiger partial charge < -0.3 is 11.1 Å². The van der Waals surface area contributed by atoms with Gasteiger partial charge in [0.15, 0.2) is 0 Å². The molecule has 1 atom stereocenters. The van der Waals surface area contributed by atoms with Gasteiger partial charge in [-0.1, -0.05) is 20.8 Å². The van der Waals surface area contributed by atoms with Gasteiger partial charge in [0.05, 0.1) is 11.8 Å². The van der Waals surface area contributed by atoms with Gasteiger partial charge >= 0.3 is 0 Å². The quantitative estimate of drug-likeness (QED) is 0.846. The van der Waals surface area contributed by atoms with Crippen molar-refractivity contribution in [1.82, 2.24) is 15.1 Å². The molecular formula is C13H24N4O. The van der Waals surface area contributed by atoms with Crippen LogP contribution in [0.4, 0.5) is 0 Å². The van der Waals surface area contributed by atoms with Crippen molar-refractivity contribution >= 4 is 5.91 Å². The summed E-state index contributed by atoms with van der Waals surface area (Å²) in [6.45, 7) is 8.78. The van der Waals surface area contributed by atoms with Gasteiger partial charge in [-0.2, -0.15) is 5.10 Å². The van der Waals surface area contributed by atoms with Gasteiger partial charge in [0, 0.05) is 25.3 Å². The first-order valence-electron chi connectivity index (χ1n) is 6.23. The smallest absolute Gasteiger partial charge is 0.254 e. The fraction of sp³-hybridized carbons (Fsp3) is 0.692. The minimum absolute atomic E-state index is 0.0223. The molecule has 0 spiro atoms. The maximum atomic E-state index is 11.9. The van der Waals surface area contributed by atoms with Crippen molar-refractivity contribution in [2.75, 3.05) is 6.54 Å².